The van der Waals surface area contributed by atoms with E-state index in [9.17, 15) is 4.79 Å². The van der Waals surface area contributed by atoms with E-state index in [4.69, 9.17) is 27.9 Å². The summed E-state index contributed by atoms with van der Waals surface area (Å²) in [5.41, 5.74) is 0.564. The van der Waals surface area contributed by atoms with Crippen molar-refractivity contribution >= 4 is 51.7 Å². The highest BCUT2D eigenvalue weighted by Gasteiger charge is 2.15. The lowest BCUT2D eigenvalue weighted by molar-refractivity contribution is 0.0739. The maximum Gasteiger partial charge on any atom is 0.255 e. The van der Waals surface area contributed by atoms with Crippen molar-refractivity contribution < 1.29 is 9.53 Å². The monoisotopic (exact) mass is 464 g/mol. The van der Waals surface area contributed by atoms with Crippen molar-refractivity contribution in [1.82, 2.24) is 9.88 Å². The van der Waals surface area contributed by atoms with E-state index in [-0.39, 0.29) is 5.91 Å². The highest BCUT2D eigenvalue weighted by molar-refractivity contribution is 14.1. The number of pyridine rings is 1. The van der Waals surface area contributed by atoms with Gasteiger partial charge >= 0.3 is 0 Å². The van der Waals surface area contributed by atoms with Crippen molar-refractivity contribution in [2.75, 3.05) is 19.7 Å². The van der Waals surface area contributed by atoms with E-state index in [0.717, 1.165) is 3.57 Å². The summed E-state index contributed by atoms with van der Waals surface area (Å²) in [5.74, 6) is 0.364. The van der Waals surface area contributed by atoms with Crippen molar-refractivity contribution in [2.24, 2.45) is 0 Å². The van der Waals surface area contributed by atoms with Crippen LogP contribution in [0.2, 0.25) is 10.0 Å². The fourth-order valence-corrected chi connectivity index (χ4v) is 3.00. The standard InChI is InChI=1S/C16H15Cl2IN2O2/c1-2-21(16(22)11-8-12(19)10-20-9-11)6-7-23-15-13(17)4-3-5-14(15)18/h3-5,8-10H,2,6-7H2,1H3. The van der Waals surface area contributed by atoms with Gasteiger partial charge in [0.1, 0.15) is 6.61 Å². The zero-order valence-electron chi connectivity index (χ0n) is 12.4. The minimum Gasteiger partial charge on any atom is -0.489 e. The first kappa shape index (κ1) is 18.3. The second-order valence-electron chi connectivity index (χ2n) is 4.68. The second-order valence-corrected chi connectivity index (χ2v) is 6.74. The number of likely N-dealkylation sites (N-methyl/N-ethyl adjacent to an activating group) is 1. The largest absolute Gasteiger partial charge is 0.489 e. The van der Waals surface area contributed by atoms with Crippen molar-refractivity contribution in [3.63, 3.8) is 0 Å². The van der Waals surface area contributed by atoms with Gasteiger partial charge < -0.3 is 9.64 Å². The van der Waals surface area contributed by atoms with Gasteiger partial charge in [-0.3, -0.25) is 9.78 Å². The maximum atomic E-state index is 12.5. The fourth-order valence-electron chi connectivity index (χ4n) is 1.99. The normalized spacial score (nSPS) is 10.4. The fraction of sp³-hybridized carbons (Fsp3) is 0.250. The van der Waals surface area contributed by atoms with Crippen molar-refractivity contribution in [3.05, 3.63) is 55.8 Å². The number of rotatable bonds is 6. The molecule has 0 bridgehead atoms. The van der Waals surface area contributed by atoms with Gasteiger partial charge in [-0.2, -0.15) is 0 Å². The number of hydrogen-bond donors (Lipinski definition) is 0. The predicted molar refractivity (Wildman–Crippen MR) is 100 cm³/mol. The molecule has 0 saturated heterocycles. The zero-order valence-corrected chi connectivity index (χ0v) is 16.1. The molecule has 0 atom stereocenters. The van der Waals surface area contributed by atoms with Crippen molar-refractivity contribution in [2.45, 2.75) is 6.92 Å². The molecule has 1 aromatic heterocycles. The van der Waals surface area contributed by atoms with Crippen LogP contribution < -0.4 is 4.74 Å². The number of aromatic nitrogens is 1. The lowest BCUT2D eigenvalue weighted by Gasteiger charge is -2.21. The summed E-state index contributed by atoms with van der Waals surface area (Å²) in [4.78, 5) is 18.2. The predicted octanol–water partition coefficient (Wildman–Crippen LogP) is 4.53. The molecule has 23 heavy (non-hydrogen) atoms. The Morgan fingerprint density at radius 1 is 1.30 bits per heavy atom. The van der Waals surface area contributed by atoms with Crippen LogP contribution in [-0.4, -0.2) is 35.5 Å². The number of amides is 1. The molecule has 7 heteroatoms. The van der Waals surface area contributed by atoms with E-state index >= 15 is 0 Å². The lowest BCUT2D eigenvalue weighted by Crippen LogP contribution is -2.34. The van der Waals surface area contributed by atoms with Gasteiger partial charge in [0.05, 0.1) is 22.2 Å². The molecule has 0 unspecified atom stereocenters. The topological polar surface area (TPSA) is 42.4 Å². The van der Waals surface area contributed by atoms with Gasteiger partial charge in [-0.05, 0) is 47.7 Å². The van der Waals surface area contributed by atoms with E-state index < -0.39 is 0 Å². The van der Waals surface area contributed by atoms with Crippen molar-refractivity contribution in [3.8, 4) is 5.75 Å². The molecule has 1 amide bonds. The Morgan fingerprint density at radius 3 is 2.61 bits per heavy atom. The number of nitrogens with zero attached hydrogens (tertiary/aromatic N) is 2. The van der Waals surface area contributed by atoms with Gasteiger partial charge in [-0.1, -0.05) is 29.3 Å². The Balaban J connectivity index is 1.99. The summed E-state index contributed by atoms with van der Waals surface area (Å²) < 4.78 is 6.55. The van der Waals surface area contributed by atoms with E-state index in [1.165, 1.54) is 0 Å². The molecular weight excluding hydrogens is 450 g/mol. The van der Waals surface area contributed by atoms with Gasteiger partial charge in [0.2, 0.25) is 0 Å². The number of ether oxygens (including phenoxy) is 1. The van der Waals surface area contributed by atoms with Gasteiger partial charge in [0.15, 0.2) is 5.75 Å². The van der Waals surface area contributed by atoms with Gasteiger partial charge in [0.25, 0.3) is 5.91 Å². The maximum absolute atomic E-state index is 12.5. The molecule has 0 N–H and O–H groups in total. The summed E-state index contributed by atoms with van der Waals surface area (Å²) in [7, 11) is 0. The molecule has 122 valence electrons. The summed E-state index contributed by atoms with van der Waals surface area (Å²) >= 11 is 14.2. The number of para-hydroxylation sites is 1. The van der Waals surface area contributed by atoms with Crippen LogP contribution in [0.5, 0.6) is 5.75 Å². The molecule has 0 fully saturated rings. The first-order valence-corrected chi connectivity index (χ1v) is 8.83. The second kappa shape index (κ2) is 8.70. The third kappa shape index (κ3) is 4.96. The Bertz CT molecular complexity index is 677. The molecular formula is C16H15Cl2IN2O2. The molecule has 0 aliphatic carbocycles. The van der Waals surface area contributed by atoms with E-state index in [0.29, 0.717) is 41.1 Å². The number of benzene rings is 1. The Hall–Kier alpha value is -1.05. The van der Waals surface area contributed by atoms with Crippen LogP contribution >= 0.6 is 45.8 Å². The van der Waals surface area contributed by atoms with Gasteiger partial charge in [-0.15, -0.1) is 0 Å². The molecule has 0 saturated carbocycles. The first-order chi connectivity index (χ1) is 11.0. The molecule has 1 heterocycles. The van der Waals surface area contributed by atoms with E-state index in [1.807, 2.05) is 13.0 Å². The summed E-state index contributed by atoms with van der Waals surface area (Å²) in [6.07, 6.45) is 3.27. The minimum absolute atomic E-state index is 0.0765. The highest BCUT2D eigenvalue weighted by Crippen LogP contribution is 2.32. The van der Waals surface area contributed by atoms with Crippen LogP contribution in [0.4, 0.5) is 0 Å². The lowest BCUT2D eigenvalue weighted by atomic mass is 10.2. The van der Waals surface area contributed by atoms with Crippen LogP contribution in [-0.2, 0) is 0 Å². The van der Waals surface area contributed by atoms with E-state index in [1.54, 1.807) is 35.5 Å². The average Bonchev–Trinajstić information content (AvgIpc) is 2.53. The Kier molecular flexibility index (Phi) is 6.92. The molecule has 0 spiro atoms. The zero-order chi connectivity index (χ0) is 16.8. The van der Waals surface area contributed by atoms with Gasteiger partial charge in [0, 0.05) is 22.5 Å². The molecule has 2 rings (SSSR count). The Morgan fingerprint density at radius 2 is 2.00 bits per heavy atom. The van der Waals surface area contributed by atoms with Crippen LogP contribution in [0.3, 0.4) is 0 Å². The number of halogens is 3. The van der Waals surface area contributed by atoms with Crippen LogP contribution in [0.25, 0.3) is 0 Å². The smallest absolute Gasteiger partial charge is 0.255 e. The quantitative estimate of drug-likeness (QED) is 0.589. The minimum atomic E-state index is -0.0765. The first-order valence-electron chi connectivity index (χ1n) is 6.99. The number of carbonyl (C=O) groups excluding carboxylic acids is 1. The highest BCUT2D eigenvalue weighted by atomic mass is 127. The molecule has 0 aliphatic heterocycles. The molecule has 0 aliphatic rings. The number of hydrogen-bond acceptors (Lipinski definition) is 3. The van der Waals surface area contributed by atoms with Gasteiger partial charge in [-0.25, -0.2) is 0 Å². The molecule has 2 aromatic rings. The third-order valence-corrected chi connectivity index (χ3v) is 4.33. The van der Waals surface area contributed by atoms with E-state index in [2.05, 4.69) is 27.6 Å². The average molecular weight is 465 g/mol. The van der Waals surface area contributed by atoms with Crippen molar-refractivity contribution in [1.29, 1.82) is 0 Å². The van der Waals surface area contributed by atoms with Crippen LogP contribution in [0.1, 0.15) is 17.3 Å². The summed E-state index contributed by atoms with van der Waals surface area (Å²) in [5, 5.41) is 0.905. The molecule has 0 radical (unpaired) electrons. The summed E-state index contributed by atoms with van der Waals surface area (Å²) in [6, 6.07) is 6.99. The van der Waals surface area contributed by atoms with Crippen LogP contribution in [0, 0.1) is 3.57 Å². The summed E-state index contributed by atoms with van der Waals surface area (Å²) in [6.45, 7) is 3.23. The SMILES string of the molecule is CCN(CCOc1c(Cl)cccc1Cl)C(=O)c1cncc(I)c1. The molecule has 4 nitrogen and oxygen atoms in total. The van der Waals surface area contributed by atoms with Crippen LogP contribution in [0.15, 0.2) is 36.7 Å². The Labute approximate surface area is 158 Å². The number of carbonyl (C=O) groups is 1. The third-order valence-electron chi connectivity index (χ3n) is 3.15. The molecule has 1 aromatic carbocycles.